The van der Waals surface area contributed by atoms with Gasteiger partial charge in [0, 0.05) is 6.07 Å². The fourth-order valence-corrected chi connectivity index (χ4v) is 1.89. The van der Waals surface area contributed by atoms with Crippen LogP contribution in [0.3, 0.4) is 0 Å². The molecule has 0 radical (unpaired) electrons. The van der Waals surface area contributed by atoms with Crippen LogP contribution in [0.1, 0.15) is 23.7 Å². The summed E-state index contributed by atoms with van der Waals surface area (Å²) in [5.41, 5.74) is -0.0504. The van der Waals surface area contributed by atoms with Crippen molar-refractivity contribution in [2.24, 2.45) is 0 Å². The van der Waals surface area contributed by atoms with E-state index in [0.717, 1.165) is 0 Å². The SMILES string of the molecule is CCC(C#N)NC(=O)c1cccc([N+](=O)[O-])c1Br. The Morgan fingerprint density at radius 2 is 2.33 bits per heavy atom. The molecule has 1 N–H and O–H groups in total. The number of nitriles is 1. The van der Waals surface area contributed by atoms with Gasteiger partial charge in [-0.05, 0) is 28.4 Å². The second-order valence-electron chi connectivity index (χ2n) is 3.46. The number of hydrogen-bond donors (Lipinski definition) is 1. The molecule has 0 spiro atoms. The number of benzene rings is 1. The summed E-state index contributed by atoms with van der Waals surface area (Å²) in [6.45, 7) is 1.76. The lowest BCUT2D eigenvalue weighted by atomic mass is 10.1. The minimum atomic E-state index is -0.608. The van der Waals surface area contributed by atoms with Gasteiger partial charge in [-0.1, -0.05) is 13.0 Å². The maximum absolute atomic E-state index is 11.9. The fraction of sp³-hybridized carbons (Fsp3) is 0.273. The zero-order valence-electron chi connectivity index (χ0n) is 9.51. The fourth-order valence-electron chi connectivity index (χ4n) is 1.30. The van der Waals surface area contributed by atoms with Crippen molar-refractivity contribution in [1.82, 2.24) is 5.32 Å². The van der Waals surface area contributed by atoms with Crippen molar-refractivity contribution < 1.29 is 9.72 Å². The van der Waals surface area contributed by atoms with Crippen molar-refractivity contribution in [1.29, 1.82) is 5.26 Å². The Morgan fingerprint density at radius 3 is 2.83 bits per heavy atom. The average molecular weight is 312 g/mol. The molecular weight excluding hydrogens is 302 g/mol. The van der Waals surface area contributed by atoms with E-state index in [4.69, 9.17) is 5.26 Å². The van der Waals surface area contributed by atoms with Gasteiger partial charge in [0.05, 0.1) is 16.6 Å². The molecule has 1 aromatic rings. The van der Waals surface area contributed by atoms with Gasteiger partial charge < -0.3 is 5.32 Å². The molecule has 0 aliphatic rings. The molecule has 0 heterocycles. The van der Waals surface area contributed by atoms with E-state index in [1.165, 1.54) is 18.2 Å². The highest BCUT2D eigenvalue weighted by Gasteiger charge is 2.20. The van der Waals surface area contributed by atoms with Gasteiger partial charge in [-0.3, -0.25) is 14.9 Å². The standard InChI is InChI=1S/C11H10BrN3O3/c1-2-7(6-13)14-11(16)8-4-3-5-9(10(8)12)15(17)18/h3-5,7H,2H2,1H3,(H,14,16). The Bertz CT molecular complexity index is 525. The summed E-state index contributed by atoms with van der Waals surface area (Å²) in [6, 6.07) is 5.49. The maximum atomic E-state index is 11.9. The molecule has 1 rings (SSSR count). The molecule has 0 saturated heterocycles. The summed E-state index contributed by atoms with van der Waals surface area (Å²) in [5, 5.41) is 22.0. The van der Waals surface area contributed by atoms with Gasteiger partial charge in [-0.15, -0.1) is 0 Å². The monoisotopic (exact) mass is 311 g/mol. The van der Waals surface area contributed by atoms with Gasteiger partial charge in [0.2, 0.25) is 0 Å². The molecular formula is C11H10BrN3O3. The molecule has 1 atom stereocenters. The number of nitro benzene ring substituents is 1. The van der Waals surface area contributed by atoms with Crippen LogP contribution in [-0.4, -0.2) is 16.9 Å². The van der Waals surface area contributed by atoms with Crippen LogP contribution >= 0.6 is 15.9 Å². The number of amides is 1. The molecule has 0 aliphatic heterocycles. The van der Waals surface area contributed by atoms with Crippen LogP contribution in [-0.2, 0) is 0 Å². The first-order chi connectivity index (χ1) is 8.51. The van der Waals surface area contributed by atoms with Crippen molar-refractivity contribution in [3.63, 3.8) is 0 Å². The van der Waals surface area contributed by atoms with Crippen LogP contribution < -0.4 is 5.32 Å². The van der Waals surface area contributed by atoms with E-state index in [-0.39, 0.29) is 15.7 Å². The molecule has 1 aromatic carbocycles. The lowest BCUT2D eigenvalue weighted by Crippen LogP contribution is -2.33. The molecule has 0 saturated carbocycles. The van der Waals surface area contributed by atoms with Crippen LogP contribution in [0.15, 0.2) is 22.7 Å². The van der Waals surface area contributed by atoms with Gasteiger partial charge in [-0.2, -0.15) is 5.26 Å². The van der Waals surface area contributed by atoms with E-state index in [1.807, 2.05) is 6.07 Å². The third-order valence-electron chi connectivity index (χ3n) is 2.29. The van der Waals surface area contributed by atoms with Crippen LogP contribution in [0, 0.1) is 21.4 Å². The minimum absolute atomic E-state index is 0.111. The Kier molecular flexibility index (Phi) is 4.80. The number of carbonyl (C=O) groups excluding carboxylic acids is 1. The average Bonchev–Trinajstić information content (AvgIpc) is 2.35. The Balaban J connectivity index is 3.04. The van der Waals surface area contributed by atoms with Crippen LogP contribution in [0.2, 0.25) is 0 Å². The van der Waals surface area contributed by atoms with Crippen LogP contribution in [0.25, 0.3) is 0 Å². The summed E-state index contributed by atoms with van der Waals surface area (Å²) in [7, 11) is 0. The molecule has 0 bridgehead atoms. The van der Waals surface area contributed by atoms with Gasteiger partial charge in [0.25, 0.3) is 11.6 Å². The first-order valence-electron chi connectivity index (χ1n) is 5.14. The predicted octanol–water partition coefficient (Wildman–Crippen LogP) is 2.39. The highest BCUT2D eigenvalue weighted by Crippen LogP contribution is 2.28. The quantitative estimate of drug-likeness (QED) is 0.682. The van der Waals surface area contributed by atoms with Crippen molar-refractivity contribution in [3.8, 4) is 6.07 Å². The smallest absolute Gasteiger partial charge is 0.284 e. The topological polar surface area (TPSA) is 96.0 Å². The summed E-state index contributed by atoms with van der Waals surface area (Å²) in [4.78, 5) is 22.0. The highest BCUT2D eigenvalue weighted by atomic mass is 79.9. The van der Waals surface area contributed by atoms with E-state index in [0.29, 0.717) is 6.42 Å². The molecule has 1 amide bonds. The van der Waals surface area contributed by atoms with Crippen molar-refractivity contribution >= 4 is 27.5 Å². The summed E-state index contributed by atoms with van der Waals surface area (Å²) < 4.78 is 0.111. The van der Waals surface area contributed by atoms with Gasteiger partial charge in [-0.25, -0.2) is 0 Å². The lowest BCUT2D eigenvalue weighted by Gasteiger charge is -2.10. The van der Waals surface area contributed by atoms with Gasteiger partial charge in [0.15, 0.2) is 0 Å². The van der Waals surface area contributed by atoms with Crippen LogP contribution in [0.4, 0.5) is 5.69 Å². The number of halogens is 1. The summed E-state index contributed by atoms with van der Waals surface area (Å²) >= 11 is 3.03. The van der Waals surface area contributed by atoms with E-state index in [9.17, 15) is 14.9 Å². The Morgan fingerprint density at radius 1 is 1.67 bits per heavy atom. The predicted molar refractivity (Wildman–Crippen MR) is 68.0 cm³/mol. The van der Waals surface area contributed by atoms with Crippen molar-refractivity contribution in [2.45, 2.75) is 19.4 Å². The van der Waals surface area contributed by atoms with Gasteiger partial charge in [0.1, 0.15) is 10.5 Å². The largest absolute Gasteiger partial charge is 0.336 e. The molecule has 6 nitrogen and oxygen atoms in total. The van der Waals surface area contributed by atoms with Crippen molar-refractivity contribution in [2.75, 3.05) is 0 Å². The third kappa shape index (κ3) is 3.05. The summed E-state index contributed by atoms with van der Waals surface area (Å²) in [6.07, 6.45) is 0.467. The first kappa shape index (κ1) is 14.1. The lowest BCUT2D eigenvalue weighted by molar-refractivity contribution is -0.385. The van der Waals surface area contributed by atoms with E-state index < -0.39 is 16.9 Å². The second kappa shape index (κ2) is 6.12. The summed E-state index contributed by atoms with van der Waals surface area (Å²) in [5.74, 6) is -0.515. The zero-order valence-corrected chi connectivity index (χ0v) is 11.1. The molecule has 94 valence electrons. The van der Waals surface area contributed by atoms with E-state index in [2.05, 4.69) is 21.2 Å². The number of nitro groups is 1. The van der Waals surface area contributed by atoms with E-state index in [1.54, 1.807) is 6.92 Å². The first-order valence-corrected chi connectivity index (χ1v) is 5.94. The maximum Gasteiger partial charge on any atom is 0.284 e. The molecule has 0 fully saturated rings. The highest BCUT2D eigenvalue weighted by molar-refractivity contribution is 9.10. The van der Waals surface area contributed by atoms with E-state index >= 15 is 0 Å². The number of rotatable bonds is 4. The number of hydrogen-bond acceptors (Lipinski definition) is 4. The van der Waals surface area contributed by atoms with Crippen LogP contribution in [0.5, 0.6) is 0 Å². The zero-order chi connectivity index (χ0) is 13.7. The number of nitrogens with one attached hydrogen (secondary N) is 1. The number of nitrogens with zero attached hydrogens (tertiary/aromatic N) is 2. The van der Waals surface area contributed by atoms with Gasteiger partial charge >= 0.3 is 0 Å². The molecule has 7 heteroatoms. The minimum Gasteiger partial charge on any atom is -0.336 e. The molecule has 0 aliphatic carbocycles. The second-order valence-corrected chi connectivity index (χ2v) is 4.25. The molecule has 1 unspecified atom stereocenters. The Labute approximate surface area is 112 Å². The Hall–Kier alpha value is -1.94. The normalized spacial score (nSPS) is 11.4. The van der Waals surface area contributed by atoms with Crippen molar-refractivity contribution in [3.05, 3.63) is 38.3 Å². The number of carbonyl (C=O) groups is 1. The molecule has 18 heavy (non-hydrogen) atoms. The third-order valence-corrected chi connectivity index (χ3v) is 3.12. The molecule has 0 aromatic heterocycles.